The van der Waals surface area contributed by atoms with Crippen molar-refractivity contribution in [3.8, 4) is 5.75 Å². The number of carbonyl (C=O) groups excluding carboxylic acids is 1. The zero-order valence-corrected chi connectivity index (χ0v) is 22.6. The molecular weight excluding hydrogens is 496 g/mol. The molecule has 0 fully saturated rings. The highest BCUT2D eigenvalue weighted by atomic mass is 35.5. The number of nitrogens with zero attached hydrogens (tertiary/aromatic N) is 4. The number of halogens is 1. The molecule has 0 aliphatic carbocycles. The van der Waals surface area contributed by atoms with Crippen molar-refractivity contribution in [1.82, 2.24) is 14.2 Å². The SMILES string of the molecule is COc1ccc(C)c2sc(N(CCCN(C)C)C(=O)c3ccc(S(=O)(=O)N(C)C)cc3)nc12.[Cl-].[H+]. The minimum absolute atomic E-state index is 0. The number of amides is 1. The van der Waals surface area contributed by atoms with E-state index >= 15 is 0 Å². The number of hydrogen-bond donors (Lipinski definition) is 0. The average molecular weight is 527 g/mol. The topological polar surface area (TPSA) is 83.0 Å². The van der Waals surface area contributed by atoms with Crippen molar-refractivity contribution >= 4 is 42.6 Å². The van der Waals surface area contributed by atoms with Gasteiger partial charge in [0.2, 0.25) is 10.0 Å². The first-order valence-corrected chi connectivity index (χ1v) is 12.7. The van der Waals surface area contributed by atoms with Crippen LogP contribution in [-0.4, -0.2) is 76.9 Å². The van der Waals surface area contributed by atoms with Gasteiger partial charge in [0, 0.05) is 26.2 Å². The molecule has 1 heterocycles. The van der Waals surface area contributed by atoms with Crippen LogP contribution < -0.4 is 22.0 Å². The van der Waals surface area contributed by atoms with Crippen LogP contribution in [0.3, 0.4) is 0 Å². The standard InChI is InChI=1S/C23H30N4O4S2.ClH/c1-16-8-13-19(31-6)20-21(16)32-23(24-20)27(15-7-14-25(2)3)22(28)17-9-11-18(12-10-17)33(29,30)26(4)5;/h8-13H,7,14-15H2,1-6H3;1H. The predicted octanol–water partition coefficient (Wildman–Crippen LogP) is 0.579. The fourth-order valence-electron chi connectivity index (χ4n) is 3.34. The van der Waals surface area contributed by atoms with Gasteiger partial charge in [0.05, 0.1) is 16.7 Å². The Balaban J connectivity index is 0.00000306. The second kappa shape index (κ2) is 11.5. The van der Waals surface area contributed by atoms with Gasteiger partial charge in [-0.05, 0) is 69.9 Å². The van der Waals surface area contributed by atoms with E-state index in [4.69, 9.17) is 9.72 Å². The lowest BCUT2D eigenvalue weighted by atomic mass is 10.2. The maximum atomic E-state index is 13.5. The summed E-state index contributed by atoms with van der Waals surface area (Å²) in [6.07, 6.45) is 0.762. The van der Waals surface area contributed by atoms with Gasteiger partial charge in [-0.2, -0.15) is 0 Å². The first-order chi connectivity index (χ1) is 15.6. The summed E-state index contributed by atoms with van der Waals surface area (Å²) >= 11 is 1.45. The number of anilines is 1. The van der Waals surface area contributed by atoms with E-state index in [0.29, 0.717) is 23.0 Å². The molecule has 3 aromatic rings. The first kappa shape index (κ1) is 28.0. The van der Waals surface area contributed by atoms with Crippen molar-refractivity contribution < 1.29 is 31.8 Å². The molecule has 0 bridgehead atoms. The molecule has 0 saturated carbocycles. The molecule has 186 valence electrons. The Morgan fingerprint density at radius 1 is 1.06 bits per heavy atom. The molecule has 1 aromatic heterocycles. The van der Waals surface area contributed by atoms with Crippen molar-refractivity contribution in [2.75, 3.05) is 53.3 Å². The van der Waals surface area contributed by atoms with Crippen LogP contribution in [0.5, 0.6) is 5.75 Å². The molecule has 0 spiro atoms. The molecule has 0 radical (unpaired) electrons. The smallest absolute Gasteiger partial charge is 1.00 e. The van der Waals surface area contributed by atoms with E-state index in [9.17, 15) is 13.2 Å². The highest BCUT2D eigenvalue weighted by molar-refractivity contribution is 7.89. The summed E-state index contributed by atoms with van der Waals surface area (Å²) in [5.74, 6) is 0.440. The van der Waals surface area contributed by atoms with Crippen molar-refractivity contribution in [1.29, 1.82) is 0 Å². The van der Waals surface area contributed by atoms with Crippen LogP contribution in [0, 0.1) is 6.92 Å². The summed E-state index contributed by atoms with van der Waals surface area (Å²) in [5.41, 5.74) is 2.20. The number of methoxy groups -OCH3 is 1. The van der Waals surface area contributed by atoms with Gasteiger partial charge in [-0.1, -0.05) is 17.4 Å². The second-order valence-corrected chi connectivity index (χ2v) is 11.3. The number of benzene rings is 2. The number of aromatic nitrogens is 1. The van der Waals surface area contributed by atoms with Gasteiger partial charge in [-0.15, -0.1) is 0 Å². The van der Waals surface area contributed by atoms with Crippen LogP contribution in [0.1, 0.15) is 23.8 Å². The zero-order chi connectivity index (χ0) is 24.3. The largest absolute Gasteiger partial charge is 1.00 e. The van der Waals surface area contributed by atoms with Gasteiger partial charge in [0.1, 0.15) is 11.3 Å². The summed E-state index contributed by atoms with van der Waals surface area (Å²) < 4.78 is 32.3. The van der Waals surface area contributed by atoms with Crippen molar-refractivity contribution in [2.24, 2.45) is 0 Å². The van der Waals surface area contributed by atoms with Crippen LogP contribution in [-0.2, 0) is 10.0 Å². The number of hydrogen-bond acceptors (Lipinski definition) is 7. The Morgan fingerprint density at radius 3 is 2.26 bits per heavy atom. The summed E-state index contributed by atoms with van der Waals surface area (Å²) in [6.45, 7) is 3.30. The second-order valence-electron chi connectivity index (χ2n) is 8.18. The number of carbonyl (C=O) groups is 1. The lowest BCUT2D eigenvalue weighted by Gasteiger charge is -2.21. The van der Waals surface area contributed by atoms with E-state index in [-0.39, 0.29) is 24.6 Å². The van der Waals surface area contributed by atoms with Gasteiger partial charge < -0.3 is 22.0 Å². The molecular formula is C23H31ClN4O4S2. The molecule has 11 heteroatoms. The Labute approximate surface area is 213 Å². The van der Waals surface area contributed by atoms with Crippen molar-refractivity contribution in [2.45, 2.75) is 18.2 Å². The van der Waals surface area contributed by atoms with Crippen molar-refractivity contribution in [3.05, 3.63) is 47.5 Å². The third-order valence-corrected chi connectivity index (χ3v) is 8.30. The molecule has 0 unspecified atom stereocenters. The fraction of sp³-hybridized carbons (Fsp3) is 0.391. The van der Waals surface area contributed by atoms with Crippen molar-refractivity contribution in [3.63, 3.8) is 0 Å². The van der Waals surface area contributed by atoms with E-state index in [1.807, 2.05) is 33.2 Å². The minimum Gasteiger partial charge on any atom is -1.00 e. The molecule has 3 rings (SSSR count). The highest BCUT2D eigenvalue weighted by Gasteiger charge is 2.24. The Hall–Kier alpha value is -2.24. The third kappa shape index (κ3) is 5.87. The highest BCUT2D eigenvalue weighted by Crippen LogP contribution is 2.37. The van der Waals surface area contributed by atoms with Gasteiger partial charge in [0.25, 0.3) is 5.91 Å². The van der Waals surface area contributed by atoms with Gasteiger partial charge in [-0.3, -0.25) is 9.69 Å². The maximum Gasteiger partial charge on any atom is 1.00 e. The normalized spacial score (nSPS) is 11.6. The number of sulfonamides is 1. The zero-order valence-electron chi connectivity index (χ0n) is 21.2. The Kier molecular flexibility index (Phi) is 9.44. The monoisotopic (exact) mass is 526 g/mol. The van der Waals surface area contributed by atoms with Crippen LogP contribution in [0.25, 0.3) is 10.2 Å². The average Bonchev–Trinajstić information content (AvgIpc) is 3.22. The number of thiazole rings is 1. The van der Waals surface area contributed by atoms with E-state index in [1.165, 1.54) is 37.6 Å². The molecule has 34 heavy (non-hydrogen) atoms. The van der Waals surface area contributed by atoms with Gasteiger partial charge in [-0.25, -0.2) is 17.7 Å². The summed E-state index contributed by atoms with van der Waals surface area (Å²) in [7, 11) is 4.97. The molecule has 0 N–H and O–H groups in total. The van der Waals surface area contributed by atoms with Gasteiger partial charge >= 0.3 is 1.43 Å². The number of fused-ring (bicyclic) bond motifs is 1. The quantitative estimate of drug-likeness (QED) is 0.405. The molecule has 0 aliphatic heterocycles. The molecule has 8 nitrogen and oxygen atoms in total. The minimum atomic E-state index is -3.57. The predicted molar refractivity (Wildman–Crippen MR) is 134 cm³/mol. The number of aryl methyl sites for hydroxylation is 1. The van der Waals surface area contributed by atoms with Crippen LogP contribution in [0.2, 0.25) is 0 Å². The number of ether oxygens (including phenoxy) is 1. The summed E-state index contributed by atoms with van der Waals surface area (Å²) in [6, 6.07) is 9.89. The third-order valence-electron chi connectivity index (χ3n) is 5.25. The van der Waals surface area contributed by atoms with Crippen LogP contribution >= 0.6 is 11.3 Å². The summed E-state index contributed by atoms with van der Waals surface area (Å²) in [4.78, 5) is 22.1. The summed E-state index contributed by atoms with van der Waals surface area (Å²) in [5, 5.41) is 0.589. The van der Waals surface area contributed by atoms with Crippen LogP contribution in [0.15, 0.2) is 41.3 Å². The lowest BCUT2D eigenvalue weighted by molar-refractivity contribution is -0.0000171. The molecule has 0 atom stereocenters. The van der Waals surface area contributed by atoms with Gasteiger partial charge in [0.15, 0.2) is 5.13 Å². The van der Waals surface area contributed by atoms with E-state index < -0.39 is 10.0 Å². The Bertz CT molecular complexity index is 1250. The maximum absolute atomic E-state index is 13.5. The molecule has 0 saturated heterocycles. The number of rotatable bonds is 9. The first-order valence-electron chi connectivity index (χ1n) is 10.5. The van der Waals surface area contributed by atoms with Crippen LogP contribution in [0.4, 0.5) is 5.13 Å². The van der Waals surface area contributed by atoms with E-state index in [1.54, 1.807) is 24.1 Å². The molecule has 0 aliphatic rings. The molecule has 1 amide bonds. The Morgan fingerprint density at radius 2 is 1.71 bits per heavy atom. The molecule has 2 aromatic carbocycles. The fourth-order valence-corrected chi connectivity index (χ4v) is 5.32. The van der Waals surface area contributed by atoms with E-state index in [2.05, 4.69) is 4.90 Å². The van der Waals surface area contributed by atoms with E-state index in [0.717, 1.165) is 33.1 Å². The lowest BCUT2D eigenvalue weighted by Crippen LogP contribution is -3.00.